The van der Waals surface area contributed by atoms with Crippen LogP contribution in [-0.2, 0) is 13.3 Å². The van der Waals surface area contributed by atoms with Crippen LogP contribution in [0.1, 0.15) is 189 Å². The molecule has 0 bridgehead atoms. The number of nitrogens with two attached hydrogens (primary N) is 1. The molecule has 6 heteroatoms. The third-order valence-electron chi connectivity index (χ3n) is 13.5. The number of halogens is 1. The van der Waals surface area contributed by atoms with Crippen molar-refractivity contribution < 1.29 is 31.0 Å². The minimum atomic E-state index is -2.38. The van der Waals surface area contributed by atoms with E-state index in [9.17, 15) is 0 Å². The van der Waals surface area contributed by atoms with Gasteiger partial charge < -0.3 is 31.0 Å². The van der Waals surface area contributed by atoms with Gasteiger partial charge in [0.1, 0.15) is 0 Å². The smallest absolute Gasteiger partial charge is 0.500 e. The highest BCUT2D eigenvalue weighted by atomic mass is 35.5. The molecule has 2 aliphatic carbocycles. The monoisotopic (exact) mass is 744 g/mol. The summed E-state index contributed by atoms with van der Waals surface area (Å²) in [5, 5.41) is 2.45. The molecule has 6 atom stereocenters. The van der Waals surface area contributed by atoms with E-state index in [1.54, 1.807) is 21.3 Å². The van der Waals surface area contributed by atoms with E-state index in [1.807, 2.05) is 0 Å². The Morgan fingerprint density at radius 3 is 1.24 bits per heavy atom. The van der Waals surface area contributed by atoms with Crippen LogP contribution in [-0.4, -0.2) is 43.2 Å². The molecule has 300 valence electrons. The fraction of sp³-hybridized carbons (Fsp3) is 1.00. The van der Waals surface area contributed by atoms with Crippen LogP contribution in [0.3, 0.4) is 0 Å². The van der Waals surface area contributed by atoms with Gasteiger partial charge in [0.15, 0.2) is 0 Å². The molecule has 0 aromatic rings. The standard InChI is InChI=1S/C44H89NO3Si.ClH/c1-36(2)40-29-27-38(5)34-43(40)42(44-35-39(6)28-30-41(44)37(3)4)26-23-21-19-17-15-13-11-10-12-14-16-18-20-22-24-31-45-32-25-33-49(46-7,47-8)48-9;/h36-45H,10-35H2,1-9H3;1H. The lowest BCUT2D eigenvalue weighted by atomic mass is 9.56. The number of hydrogen-bond acceptors (Lipinski definition) is 3. The van der Waals surface area contributed by atoms with Crippen molar-refractivity contribution in [1.29, 1.82) is 0 Å². The van der Waals surface area contributed by atoms with Gasteiger partial charge in [-0.3, -0.25) is 0 Å². The first-order valence-electron chi connectivity index (χ1n) is 22.1. The number of hydrogen-bond donors (Lipinski definition) is 1. The highest BCUT2D eigenvalue weighted by molar-refractivity contribution is 6.60. The van der Waals surface area contributed by atoms with Gasteiger partial charge in [-0.25, -0.2) is 0 Å². The van der Waals surface area contributed by atoms with Crippen LogP contribution in [0.4, 0.5) is 0 Å². The summed E-state index contributed by atoms with van der Waals surface area (Å²) in [4.78, 5) is 0. The van der Waals surface area contributed by atoms with Crippen LogP contribution in [0.5, 0.6) is 0 Å². The Kier molecular flexibility index (Phi) is 27.8. The topological polar surface area (TPSA) is 44.3 Å². The van der Waals surface area contributed by atoms with Gasteiger partial charge in [0.25, 0.3) is 0 Å². The summed E-state index contributed by atoms with van der Waals surface area (Å²) in [5.74, 6) is 8.51. The molecule has 0 spiro atoms. The zero-order chi connectivity index (χ0) is 35.9. The summed E-state index contributed by atoms with van der Waals surface area (Å²) < 4.78 is 16.5. The van der Waals surface area contributed by atoms with Crippen molar-refractivity contribution in [3.8, 4) is 0 Å². The van der Waals surface area contributed by atoms with E-state index < -0.39 is 8.80 Å². The van der Waals surface area contributed by atoms with Gasteiger partial charge in [-0.15, -0.1) is 0 Å². The summed E-state index contributed by atoms with van der Waals surface area (Å²) >= 11 is 0. The fourth-order valence-electron chi connectivity index (χ4n) is 10.4. The molecule has 2 aliphatic rings. The van der Waals surface area contributed by atoms with E-state index in [0.29, 0.717) is 0 Å². The van der Waals surface area contributed by atoms with E-state index in [1.165, 1.54) is 148 Å². The van der Waals surface area contributed by atoms with E-state index in [-0.39, 0.29) is 12.4 Å². The van der Waals surface area contributed by atoms with Crippen molar-refractivity contribution in [2.24, 2.45) is 53.3 Å². The van der Waals surface area contributed by atoms with Crippen LogP contribution in [0, 0.1) is 53.3 Å². The van der Waals surface area contributed by atoms with Crippen LogP contribution < -0.4 is 17.7 Å². The molecule has 0 aromatic heterocycles. The molecule has 4 nitrogen and oxygen atoms in total. The van der Waals surface area contributed by atoms with Gasteiger partial charge in [0.05, 0.1) is 13.1 Å². The van der Waals surface area contributed by atoms with Gasteiger partial charge in [0, 0.05) is 33.8 Å². The van der Waals surface area contributed by atoms with E-state index in [4.69, 9.17) is 13.3 Å². The second-order valence-corrected chi connectivity index (χ2v) is 21.1. The van der Waals surface area contributed by atoms with Gasteiger partial charge >= 0.3 is 8.80 Å². The zero-order valence-corrected chi connectivity index (χ0v) is 37.0. The van der Waals surface area contributed by atoms with Crippen LogP contribution in [0.15, 0.2) is 0 Å². The maximum atomic E-state index is 5.51. The van der Waals surface area contributed by atoms with Crippen molar-refractivity contribution in [2.75, 3.05) is 34.4 Å². The molecule has 0 radical (unpaired) electrons. The normalized spacial score (nSPS) is 25.3. The van der Waals surface area contributed by atoms with Crippen molar-refractivity contribution >= 4 is 8.80 Å². The summed E-state index contributed by atoms with van der Waals surface area (Å²) in [7, 11) is 2.74. The molecular formula is C44H90ClNO3Si. The molecule has 2 rings (SSSR count). The van der Waals surface area contributed by atoms with Gasteiger partial charge in [-0.05, 0) is 98.2 Å². The van der Waals surface area contributed by atoms with Crippen LogP contribution in [0.2, 0.25) is 6.04 Å². The Bertz CT molecular complexity index is 740. The van der Waals surface area contributed by atoms with Gasteiger partial charge in [-0.1, -0.05) is 138 Å². The maximum absolute atomic E-state index is 5.51. The first kappa shape index (κ1) is 48.4. The van der Waals surface area contributed by atoms with E-state index in [0.717, 1.165) is 72.3 Å². The van der Waals surface area contributed by atoms with Crippen molar-refractivity contribution in [3.05, 3.63) is 0 Å². The molecule has 0 aromatic carbocycles. The molecule has 2 N–H and O–H groups in total. The molecule has 2 fully saturated rings. The minimum Gasteiger partial charge on any atom is -1.00 e. The molecule has 6 unspecified atom stereocenters. The lowest BCUT2D eigenvalue weighted by Crippen LogP contribution is -3.00. The quantitative estimate of drug-likeness (QED) is 0.0615. The fourth-order valence-corrected chi connectivity index (χ4v) is 12.2. The molecule has 2 saturated carbocycles. The molecular weight excluding hydrogens is 654 g/mol. The second-order valence-electron chi connectivity index (χ2n) is 18.0. The SMILES string of the molecule is CO[Si](CCC[NH2+]CCCCCCCCCCCCCCCCCC(C1CC(C)CCC1C(C)C)C1CC(C)CCC1C(C)C)(OC)OC.[Cl-]. The lowest BCUT2D eigenvalue weighted by molar-refractivity contribution is -0.655. The van der Waals surface area contributed by atoms with Gasteiger partial charge in [0.2, 0.25) is 0 Å². The molecule has 0 heterocycles. The minimum absolute atomic E-state index is 0. The first-order chi connectivity index (χ1) is 23.7. The highest BCUT2D eigenvalue weighted by Gasteiger charge is 2.43. The number of unbranched alkanes of at least 4 members (excludes halogenated alkanes) is 14. The Balaban J connectivity index is 0.0000125. The highest BCUT2D eigenvalue weighted by Crippen LogP contribution is 2.52. The Morgan fingerprint density at radius 2 is 0.860 bits per heavy atom. The summed E-state index contributed by atoms with van der Waals surface area (Å²) in [5.41, 5.74) is 0. The lowest BCUT2D eigenvalue weighted by Gasteiger charge is -2.49. The Labute approximate surface area is 321 Å². The second kappa shape index (κ2) is 28.7. The largest absolute Gasteiger partial charge is 1.00 e. The average molecular weight is 745 g/mol. The van der Waals surface area contributed by atoms with Crippen LogP contribution in [0.25, 0.3) is 0 Å². The zero-order valence-electron chi connectivity index (χ0n) is 35.3. The van der Waals surface area contributed by atoms with Crippen molar-refractivity contribution in [1.82, 2.24) is 0 Å². The average Bonchev–Trinajstić information content (AvgIpc) is 3.08. The summed E-state index contributed by atoms with van der Waals surface area (Å²) in [6.45, 7) is 17.7. The van der Waals surface area contributed by atoms with Gasteiger partial charge in [-0.2, -0.15) is 0 Å². The predicted molar refractivity (Wildman–Crippen MR) is 215 cm³/mol. The van der Waals surface area contributed by atoms with E-state index in [2.05, 4.69) is 46.9 Å². The maximum Gasteiger partial charge on any atom is 0.500 e. The van der Waals surface area contributed by atoms with E-state index >= 15 is 0 Å². The number of quaternary nitrogens is 1. The first-order valence-corrected chi connectivity index (χ1v) is 24.1. The summed E-state index contributed by atoms with van der Waals surface area (Å²) in [6.07, 6.45) is 33.3. The molecule has 0 aliphatic heterocycles. The van der Waals surface area contributed by atoms with Crippen LogP contribution >= 0.6 is 0 Å². The molecule has 0 amide bonds. The Morgan fingerprint density at radius 1 is 0.500 bits per heavy atom. The van der Waals surface area contributed by atoms with Crippen molar-refractivity contribution in [3.63, 3.8) is 0 Å². The number of rotatable bonds is 29. The third-order valence-corrected chi connectivity index (χ3v) is 16.3. The molecule has 50 heavy (non-hydrogen) atoms. The molecule has 0 saturated heterocycles. The summed E-state index contributed by atoms with van der Waals surface area (Å²) in [6, 6.07) is 0.908. The third kappa shape index (κ3) is 18.6. The predicted octanol–water partition coefficient (Wildman–Crippen LogP) is 9.10. The van der Waals surface area contributed by atoms with Crippen molar-refractivity contribution in [2.45, 2.75) is 195 Å². The Hall–Kier alpha value is 0.347.